The number of amides is 1. The van der Waals surface area contributed by atoms with E-state index >= 15 is 0 Å². The van der Waals surface area contributed by atoms with Crippen LogP contribution < -0.4 is 14.4 Å². The topological polar surface area (TPSA) is 99.2 Å². The van der Waals surface area contributed by atoms with Gasteiger partial charge < -0.3 is 14.5 Å². The molecule has 0 saturated carbocycles. The third-order valence-electron chi connectivity index (χ3n) is 4.38. The lowest BCUT2D eigenvalue weighted by Gasteiger charge is -2.36. The molecule has 2 aromatic carbocycles. The van der Waals surface area contributed by atoms with Crippen molar-refractivity contribution in [3.8, 4) is 5.75 Å². The number of nitrogens with one attached hydrogen (secondary N) is 1. The molecule has 0 unspecified atom stereocenters. The van der Waals surface area contributed by atoms with E-state index in [0.717, 1.165) is 5.69 Å². The van der Waals surface area contributed by atoms with Crippen LogP contribution in [-0.2, 0) is 10.3 Å². The Morgan fingerprint density at radius 3 is 2.11 bits per heavy atom. The van der Waals surface area contributed by atoms with Crippen LogP contribution in [0.4, 0.5) is 11.4 Å². The predicted molar refractivity (Wildman–Crippen MR) is 103 cm³/mol. The highest BCUT2D eigenvalue weighted by atomic mass is 32.2. The van der Waals surface area contributed by atoms with Gasteiger partial charge in [0.2, 0.25) is 0 Å². The Balaban J connectivity index is 1.58. The van der Waals surface area contributed by atoms with Gasteiger partial charge in [0, 0.05) is 37.4 Å². The number of hydrogen-bond donors (Lipinski definition) is 2. The molecule has 0 aliphatic carbocycles. The molecule has 2 aromatic rings. The molecule has 1 aliphatic rings. The Hall–Kier alpha value is -2.78. The Morgan fingerprint density at radius 2 is 1.59 bits per heavy atom. The molecule has 8 nitrogen and oxygen atoms in total. The number of carbonyl (C=O) groups is 1. The van der Waals surface area contributed by atoms with Crippen LogP contribution in [0.3, 0.4) is 0 Å². The summed E-state index contributed by atoms with van der Waals surface area (Å²) < 4.78 is 37.6. The lowest BCUT2D eigenvalue weighted by molar-refractivity contribution is 0.0746. The van der Waals surface area contributed by atoms with Gasteiger partial charge in [-0.1, -0.05) is 0 Å². The van der Waals surface area contributed by atoms with Crippen LogP contribution in [-0.4, -0.2) is 57.1 Å². The van der Waals surface area contributed by atoms with E-state index in [1.165, 1.54) is 0 Å². The largest absolute Gasteiger partial charge is 0.497 e. The van der Waals surface area contributed by atoms with Crippen LogP contribution in [0.2, 0.25) is 0 Å². The van der Waals surface area contributed by atoms with Gasteiger partial charge in [-0.25, -0.2) is 0 Å². The molecular formula is C18H21N3O5S. The van der Waals surface area contributed by atoms with Crippen LogP contribution in [0.1, 0.15) is 10.4 Å². The molecule has 0 radical (unpaired) electrons. The van der Waals surface area contributed by atoms with Gasteiger partial charge >= 0.3 is 10.3 Å². The van der Waals surface area contributed by atoms with Crippen LogP contribution in [0.5, 0.6) is 5.75 Å². The molecule has 1 aliphatic heterocycles. The van der Waals surface area contributed by atoms with E-state index in [0.29, 0.717) is 37.5 Å². The van der Waals surface area contributed by atoms with Crippen molar-refractivity contribution >= 4 is 27.6 Å². The van der Waals surface area contributed by atoms with E-state index < -0.39 is 10.3 Å². The van der Waals surface area contributed by atoms with E-state index in [2.05, 4.69) is 4.90 Å². The summed E-state index contributed by atoms with van der Waals surface area (Å²) in [6.45, 7) is 2.53. The molecule has 144 valence electrons. The Morgan fingerprint density at radius 1 is 1.00 bits per heavy atom. The Bertz CT molecular complexity index is 890. The highest BCUT2D eigenvalue weighted by Gasteiger charge is 2.22. The summed E-state index contributed by atoms with van der Waals surface area (Å²) in [6, 6.07) is 13.8. The van der Waals surface area contributed by atoms with E-state index in [4.69, 9.17) is 9.29 Å². The molecule has 0 spiro atoms. The van der Waals surface area contributed by atoms with Crippen LogP contribution in [0.15, 0.2) is 48.5 Å². The van der Waals surface area contributed by atoms with Crippen LogP contribution in [0, 0.1) is 0 Å². The number of ether oxygens (including phenoxy) is 1. The van der Waals surface area contributed by atoms with Crippen molar-refractivity contribution in [1.29, 1.82) is 0 Å². The second kappa shape index (κ2) is 7.85. The van der Waals surface area contributed by atoms with Crippen LogP contribution in [0.25, 0.3) is 0 Å². The molecule has 1 heterocycles. The molecule has 3 rings (SSSR count). The van der Waals surface area contributed by atoms with E-state index in [-0.39, 0.29) is 11.6 Å². The quantitative estimate of drug-likeness (QED) is 0.755. The molecule has 27 heavy (non-hydrogen) atoms. The lowest BCUT2D eigenvalue weighted by atomic mass is 10.1. The summed E-state index contributed by atoms with van der Waals surface area (Å²) in [6.07, 6.45) is 0. The number of nitrogens with zero attached hydrogens (tertiary/aromatic N) is 2. The van der Waals surface area contributed by atoms with Gasteiger partial charge in [-0.05, 0) is 48.5 Å². The van der Waals surface area contributed by atoms with Gasteiger partial charge in [0.05, 0.1) is 12.8 Å². The molecule has 0 atom stereocenters. The van der Waals surface area contributed by atoms with E-state index in [1.807, 2.05) is 9.62 Å². The standard InChI is InChI=1S/C18H21N3O5S/c1-26-17-8-2-14(3-9-17)18(22)21-12-10-20(11-13-21)16-6-4-15(5-7-16)19-27(23,24)25/h2-9,19H,10-13H2,1H3,(H,23,24,25). The number of benzene rings is 2. The maximum Gasteiger partial charge on any atom is 0.357 e. The SMILES string of the molecule is COc1ccc(C(=O)N2CCN(c3ccc(NS(=O)(=O)O)cc3)CC2)cc1. The Labute approximate surface area is 158 Å². The second-order valence-electron chi connectivity index (χ2n) is 6.13. The number of methoxy groups -OCH3 is 1. The summed E-state index contributed by atoms with van der Waals surface area (Å²) in [5, 5.41) is 0. The number of carbonyl (C=O) groups excluding carboxylic acids is 1. The summed E-state index contributed by atoms with van der Waals surface area (Å²) in [5.74, 6) is 0.702. The zero-order chi connectivity index (χ0) is 19.4. The summed E-state index contributed by atoms with van der Waals surface area (Å²) >= 11 is 0. The van der Waals surface area contributed by atoms with Gasteiger partial charge in [-0.15, -0.1) is 0 Å². The highest BCUT2D eigenvalue weighted by Crippen LogP contribution is 2.21. The van der Waals surface area contributed by atoms with Gasteiger partial charge in [0.1, 0.15) is 5.75 Å². The molecule has 0 aromatic heterocycles. The first-order chi connectivity index (χ1) is 12.9. The Kier molecular flexibility index (Phi) is 5.52. The summed E-state index contributed by atoms with van der Waals surface area (Å²) in [7, 11) is -2.69. The minimum Gasteiger partial charge on any atom is -0.497 e. The number of piperazine rings is 1. The minimum absolute atomic E-state index is 0.00926. The first-order valence-corrected chi connectivity index (χ1v) is 9.83. The zero-order valence-electron chi connectivity index (χ0n) is 14.8. The van der Waals surface area contributed by atoms with Crippen molar-refractivity contribution in [2.45, 2.75) is 0 Å². The molecule has 1 fully saturated rings. The van der Waals surface area contributed by atoms with Crippen molar-refractivity contribution in [3.63, 3.8) is 0 Å². The van der Waals surface area contributed by atoms with Gasteiger partial charge in [0.15, 0.2) is 0 Å². The highest BCUT2D eigenvalue weighted by molar-refractivity contribution is 7.87. The smallest absolute Gasteiger partial charge is 0.357 e. The molecule has 9 heteroatoms. The molecular weight excluding hydrogens is 370 g/mol. The molecule has 2 N–H and O–H groups in total. The van der Waals surface area contributed by atoms with Gasteiger partial charge in [-0.3, -0.25) is 14.1 Å². The van der Waals surface area contributed by atoms with E-state index in [1.54, 1.807) is 55.6 Å². The molecule has 1 saturated heterocycles. The van der Waals surface area contributed by atoms with Crippen molar-refractivity contribution in [1.82, 2.24) is 4.90 Å². The summed E-state index contributed by atoms with van der Waals surface area (Å²) in [4.78, 5) is 16.5. The number of rotatable bonds is 5. The molecule has 0 bridgehead atoms. The monoisotopic (exact) mass is 391 g/mol. The second-order valence-corrected chi connectivity index (χ2v) is 7.29. The first kappa shape index (κ1) is 19.0. The van der Waals surface area contributed by atoms with Gasteiger partial charge in [0.25, 0.3) is 5.91 Å². The lowest BCUT2D eigenvalue weighted by Crippen LogP contribution is -2.48. The van der Waals surface area contributed by atoms with Crippen molar-refractivity contribution < 1.29 is 22.5 Å². The average molecular weight is 391 g/mol. The number of anilines is 2. The summed E-state index contributed by atoms with van der Waals surface area (Å²) in [5.41, 5.74) is 1.84. The fourth-order valence-corrected chi connectivity index (χ4v) is 3.41. The van der Waals surface area contributed by atoms with Crippen LogP contribution >= 0.6 is 0 Å². The molecule has 1 amide bonds. The fourth-order valence-electron chi connectivity index (χ4n) is 2.97. The normalized spacial score (nSPS) is 14.7. The van der Waals surface area contributed by atoms with Crippen molar-refractivity contribution in [3.05, 3.63) is 54.1 Å². The van der Waals surface area contributed by atoms with Crippen molar-refractivity contribution in [2.24, 2.45) is 0 Å². The van der Waals surface area contributed by atoms with E-state index in [9.17, 15) is 13.2 Å². The average Bonchev–Trinajstić information content (AvgIpc) is 2.67. The third kappa shape index (κ3) is 4.89. The first-order valence-electron chi connectivity index (χ1n) is 8.39. The maximum absolute atomic E-state index is 12.6. The fraction of sp³-hybridized carbons (Fsp3) is 0.278. The predicted octanol–water partition coefficient (Wildman–Crippen LogP) is 1.87. The van der Waals surface area contributed by atoms with Gasteiger partial charge in [-0.2, -0.15) is 8.42 Å². The minimum atomic E-state index is -4.28. The van der Waals surface area contributed by atoms with Crippen molar-refractivity contribution in [2.75, 3.05) is 42.9 Å². The number of hydrogen-bond acceptors (Lipinski definition) is 5. The zero-order valence-corrected chi connectivity index (χ0v) is 15.6. The maximum atomic E-state index is 12.6. The third-order valence-corrected chi connectivity index (χ3v) is 4.88.